The normalized spacial score (nSPS) is 13.0. The van der Waals surface area contributed by atoms with E-state index >= 15 is 0 Å². The first-order chi connectivity index (χ1) is 17.1. The van der Waals surface area contributed by atoms with Crippen molar-refractivity contribution in [2.45, 2.75) is 12.8 Å². The van der Waals surface area contributed by atoms with Crippen LogP contribution in [0.1, 0.15) is 43.9 Å². The Hall–Kier alpha value is -4.51. The minimum Gasteiger partial charge on any atom is -0.322 e. The molecule has 2 amide bonds. The van der Waals surface area contributed by atoms with Gasteiger partial charge in [-0.2, -0.15) is 0 Å². The summed E-state index contributed by atoms with van der Waals surface area (Å²) < 4.78 is 0. The Balaban J connectivity index is 1.35. The molecule has 1 aliphatic heterocycles. The molecule has 35 heavy (non-hydrogen) atoms. The Kier molecular flexibility index (Phi) is 6.22. The molecule has 0 saturated carbocycles. The molecular weight excluding hydrogens is 436 g/mol. The third-order valence-electron chi connectivity index (χ3n) is 6.17. The molecule has 0 spiro atoms. The van der Waals surface area contributed by atoms with Crippen LogP contribution in [0.3, 0.4) is 0 Å². The molecule has 0 saturated heterocycles. The van der Waals surface area contributed by atoms with Crippen molar-refractivity contribution in [1.29, 1.82) is 0 Å². The van der Waals surface area contributed by atoms with Crippen LogP contribution in [0.5, 0.6) is 0 Å². The van der Waals surface area contributed by atoms with Crippen molar-refractivity contribution in [2.24, 2.45) is 0 Å². The molecule has 4 aromatic carbocycles. The number of fused-ring (bicyclic) bond motifs is 1. The summed E-state index contributed by atoms with van der Waals surface area (Å²) in [4.78, 5) is 40.4. The Morgan fingerprint density at radius 2 is 1.37 bits per heavy atom. The summed E-state index contributed by atoms with van der Waals surface area (Å²) in [7, 11) is 0. The molecule has 5 nitrogen and oxygen atoms in total. The maximum Gasteiger partial charge on any atom is 0.258 e. The molecule has 0 aromatic heterocycles. The van der Waals surface area contributed by atoms with Crippen LogP contribution in [0.25, 0.3) is 11.1 Å². The summed E-state index contributed by atoms with van der Waals surface area (Å²) in [6.45, 7) is 0.482. The van der Waals surface area contributed by atoms with E-state index in [1.54, 1.807) is 41.3 Å². The number of Topliss-reactive ketones (excluding diaryl/α,β-unsaturated/α-hetero) is 1. The van der Waals surface area contributed by atoms with E-state index < -0.39 is 0 Å². The molecule has 172 valence electrons. The molecule has 4 aromatic rings. The molecule has 0 unspecified atom stereocenters. The maximum atomic E-state index is 13.3. The number of nitrogens with zero attached hydrogens (tertiary/aromatic N) is 1. The van der Waals surface area contributed by atoms with Crippen molar-refractivity contribution < 1.29 is 14.4 Å². The highest BCUT2D eigenvalue weighted by Crippen LogP contribution is 2.28. The van der Waals surface area contributed by atoms with Gasteiger partial charge in [0.1, 0.15) is 0 Å². The third kappa shape index (κ3) is 4.62. The Labute approximate surface area is 204 Å². The molecule has 0 radical (unpaired) electrons. The standard InChI is InChI=1S/C30H24N2O3/c33-28-15-8-20-32(27-14-7-6-13-26(27)28)30(35)22-16-18-23(19-17-22)31-29(34)25-12-5-4-11-24(25)21-9-2-1-3-10-21/h1-7,9-14,16-19H,8,15,20H2,(H,31,34). The van der Waals surface area contributed by atoms with Crippen LogP contribution in [0.15, 0.2) is 103 Å². The first-order valence-electron chi connectivity index (χ1n) is 11.6. The molecule has 0 bridgehead atoms. The number of anilines is 2. The largest absolute Gasteiger partial charge is 0.322 e. The van der Waals surface area contributed by atoms with Crippen molar-refractivity contribution in [1.82, 2.24) is 0 Å². The number of para-hydroxylation sites is 1. The van der Waals surface area contributed by atoms with E-state index in [1.165, 1.54) is 0 Å². The number of amides is 2. The van der Waals surface area contributed by atoms with Gasteiger partial charge in [0, 0.05) is 35.3 Å². The monoisotopic (exact) mass is 460 g/mol. The van der Waals surface area contributed by atoms with E-state index in [4.69, 9.17) is 0 Å². The van der Waals surface area contributed by atoms with Crippen LogP contribution >= 0.6 is 0 Å². The van der Waals surface area contributed by atoms with E-state index in [-0.39, 0.29) is 17.6 Å². The van der Waals surface area contributed by atoms with Crippen LogP contribution in [0.2, 0.25) is 0 Å². The SMILES string of the molecule is O=C(Nc1ccc(C(=O)N2CCCC(=O)c3ccccc32)cc1)c1ccccc1-c1ccccc1. The number of benzene rings is 4. The zero-order valence-corrected chi connectivity index (χ0v) is 19.1. The van der Waals surface area contributed by atoms with Crippen molar-refractivity contribution in [3.63, 3.8) is 0 Å². The Morgan fingerprint density at radius 3 is 2.14 bits per heavy atom. The molecule has 1 aliphatic rings. The average Bonchev–Trinajstić information content (AvgIpc) is 3.08. The number of nitrogens with one attached hydrogen (secondary N) is 1. The molecular formula is C30H24N2O3. The summed E-state index contributed by atoms with van der Waals surface area (Å²) in [5.41, 5.74) is 4.72. The second kappa shape index (κ2) is 9.77. The van der Waals surface area contributed by atoms with E-state index in [1.807, 2.05) is 66.7 Å². The van der Waals surface area contributed by atoms with Crippen LogP contribution < -0.4 is 10.2 Å². The lowest BCUT2D eigenvalue weighted by atomic mass is 9.99. The fourth-order valence-corrected chi connectivity index (χ4v) is 4.41. The van der Waals surface area contributed by atoms with Gasteiger partial charge in [0.25, 0.3) is 11.8 Å². The van der Waals surface area contributed by atoms with Crippen molar-refractivity contribution in [3.05, 3.63) is 120 Å². The maximum absolute atomic E-state index is 13.3. The molecule has 0 atom stereocenters. The first-order valence-corrected chi connectivity index (χ1v) is 11.6. The average molecular weight is 461 g/mol. The summed E-state index contributed by atoms with van der Waals surface area (Å²) in [5.74, 6) is -0.326. The second-order valence-electron chi connectivity index (χ2n) is 8.44. The zero-order valence-electron chi connectivity index (χ0n) is 19.1. The predicted octanol–water partition coefficient (Wildman–Crippen LogP) is 6.23. The van der Waals surface area contributed by atoms with Crippen LogP contribution in [-0.2, 0) is 0 Å². The number of carbonyl (C=O) groups is 3. The predicted molar refractivity (Wildman–Crippen MR) is 138 cm³/mol. The van der Waals surface area contributed by atoms with E-state index in [0.29, 0.717) is 47.5 Å². The third-order valence-corrected chi connectivity index (χ3v) is 6.17. The highest BCUT2D eigenvalue weighted by molar-refractivity contribution is 6.12. The van der Waals surface area contributed by atoms with E-state index in [2.05, 4.69) is 5.32 Å². The number of ketones is 1. The molecule has 1 heterocycles. The smallest absolute Gasteiger partial charge is 0.258 e. The molecule has 5 heteroatoms. The van der Waals surface area contributed by atoms with Crippen LogP contribution in [0.4, 0.5) is 11.4 Å². The lowest BCUT2D eigenvalue weighted by molar-refractivity contribution is 0.0973. The lowest BCUT2D eigenvalue weighted by Gasteiger charge is -2.22. The van der Waals surface area contributed by atoms with E-state index in [0.717, 1.165) is 11.1 Å². The van der Waals surface area contributed by atoms with Gasteiger partial charge in [-0.1, -0.05) is 60.7 Å². The number of rotatable bonds is 4. The summed E-state index contributed by atoms with van der Waals surface area (Å²) in [6.07, 6.45) is 1.05. The minimum absolute atomic E-state index is 0.0599. The van der Waals surface area contributed by atoms with E-state index in [9.17, 15) is 14.4 Å². The highest BCUT2D eigenvalue weighted by atomic mass is 16.2. The molecule has 5 rings (SSSR count). The topological polar surface area (TPSA) is 66.5 Å². The zero-order chi connectivity index (χ0) is 24.2. The fourth-order valence-electron chi connectivity index (χ4n) is 4.41. The Bertz CT molecular complexity index is 1390. The number of carbonyl (C=O) groups excluding carboxylic acids is 3. The number of hydrogen-bond donors (Lipinski definition) is 1. The van der Waals surface area contributed by atoms with Gasteiger partial charge in [-0.05, 0) is 60.0 Å². The van der Waals surface area contributed by atoms with Crippen LogP contribution in [-0.4, -0.2) is 24.1 Å². The van der Waals surface area contributed by atoms with Crippen molar-refractivity contribution >= 4 is 29.0 Å². The van der Waals surface area contributed by atoms with Gasteiger partial charge in [0.05, 0.1) is 5.69 Å². The van der Waals surface area contributed by atoms with Crippen molar-refractivity contribution in [2.75, 3.05) is 16.8 Å². The lowest BCUT2D eigenvalue weighted by Crippen LogP contribution is -2.31. The fraction of sp³-hybridized carbons (Fsp3) is 0.100. The number of hydrogen-bond acceptors (Lipinski definition) is 3. The quantitative estimate of drug-likeness (QED) is 0.393. The summed E-state index contributed by atoms with van der Waals surface area (Å²) in [5, 5.41) is 2.94. The van der Waals surface area contributed by atoms with Gasteiger partial charge in [-0.3, -0.25) is 14.4 Å². The Morgan fingerprint density at radius 1 is 0.714 bits per heavy atom. The molecule has 0 aliphatic carbocycles. The molecule has 1 N–H and O–H groups in total. The van der Waals surface area contributed by atoms with Gasteiger partial charge in [-0.25, -0.2) is 0 Å². The van der Waals surface area contributed by atoms with Gasteiger partial charge in [0.15, 0.2) is 5.78 Å². The summed E-state index contributed by atoms with van der Waals surface area (Å²) in [6, 6.07) is 31.4. The van der Waals surface area contributed by atoms with Gasteiger partial charge in [-0.15, -0.1) is 0 Å². The van der Waals surface area contributed by atoms with Crippen LogP contribution in [0, 0.1) is 0 Å². The van der Waals surface area contributed by atoms with Gasteiger partial charge >= 0.3 is 0 Å². The minimum atomic E-state index is -0.219. The molecule has 0 fully saturated rings. The first kappa shape index (κ1) is 22.3. The summed E-state index contributed by atoms with van der Waals surface area (Å²) >= 11 is 0. The second-order valence-corrected chi connectivity index (χ2v) is 8.44. The highest BCUT2D eigenvalue weighted by Gasteiger charge is 2.25. The van der Waals surface area contributed by atoms with Crippen molar-refractivity contribution in [3.8, 4) is 11.1 Å². The van der Waals surface area contributed by atoms with Gasteiger partial charge in [0.2, 0.25) is 0 Å². The van der Waals surface area contributed by atoms with Gasteiger partial charge < -0.3 is 10.2 Å².